The number of amides is 3. The molecule has 2 heterocycles. The van der Waals surface area contributed by atoms with Crippen LogP contribution in [0.25, 0.3) is 0 Å². The van der Waals surface area contributed by atoms with Gasteiger partial charge >= 0.3 is 6.09 Å². The van der Waals surface area contributed by atoms with Crippen molar-refractivity contribution < 1.29 is 23.5 Å². The summed E-state index contributed by atoms with van der Waals surface area (Å²) in [5, 5.41) is 2.61. The van der Waals surface area contributed by atoms with Gasteiger partial charge in [-0.05, 0) is 37.0 Å². The first-order valence-electron chi connectivity index (χ1n) is 9.82. The van der Waals surface area contributed by atoms with Crippen LogP contribution in [-0.2, 0) is 14.3 Å². The van der Waals surface area contributed by atoms with Crippen molar-refractivity contribution in [2.45, 2.75) is 32.8 Å². The number of nitrogens with zero attached hydrogens (tertiary/aromatic N) is 2. The number of benzene rings is 1. The summed E-state index contributed by atoms with van der Waals surface area (Å²) in [5.41, 5.74) is 6.28. The number of cyclic esters (lactones) is 1. The summed E-state index contributed by atoms with van der Waals surface area (Å²) in [7, 11) is 0. The van der Waals surface area contributed by atoms with Gasteiger partial charge in [0.25, 0.3) is 0 Å². The van der Waals surface area contributed by atoms with Gasteiger partial charge in [0.2, 0.25) is 11.8 Å². The normalized spacial score (nSPS) is 21.1. The molecule has 9 heteroatoms. The number of piperidine rings is 1. The third-order valence-corrected chi connectivity index (χ3v) is 5.73. The number of ether oxygens (including phenoxy) is 1. The Bertz CT molecular complexity index is 795. The van der Waals surface area contributed by atoms with Gasteiger partial charge in [-0.15, -0.1) is 0 Å². The lowest BCUT2D eigenvalue weighted by Gasteiger charge is -2.35. The molecule has 0 aromatic heterocycles. The molecule has 0 aliphatic carbocycles. The van der Waals surface area contributed by atoms with Crippen LogP contribution in [0.1, 0.15) is 26.7 Å². The van der Waals surface area contributed by atoms with Gasteiger partial charge in [0, 0.05) is 25.9 Å². The second-order valence-corrected chi connectivity index (χ2v) is 7.70. The standard InChI is InChI=1S/C20H27FN4O4/c1-12(19(22)27)14-5-7-24(8-6-14)18-4-3-15(9-17(18)21)25-11-16(29-20(25)28)10-23-13(2)26/h3-4,9,12,14,16H,5-8,10-11H2,1-2H3,(H2,22,27)(H,23,26)/t12?,16-/m0/s1. The number of hydrogen-bond acceptors (Lipinski definition) is 5. The maximum absolute atomic E-state index is 14.8. The van der Waals surface area contributed by atoms with E-state index in [1.165, 1.54) is 17.9 Å². The van der Waals surface area contributed by atoms with E-state index >= 15 is 0 Å². The average Bonchev–Trinajstić information content (AvgIpc) is 3.06. The molecule has 158 valence electrons. The summed E-state index contributed by atoms with van der Waals surface area (Å²) in [6, 6.07) is 4.69. The van der Waals surface area contributed by atoms with Crippen LogP contribution >= 0.6 is 0 Å². The Hall–Kier alpha value is -2.84. The van der Waals surface area contributed by atoms with Crippen molar-refractivity contribution in [1.29, 1.82) is 0 Å². The van der Waals surface area contributed by atoms with Crippen molar-refractivity contribution >= 4 is 29.3 Å². The molecular formula is C20H27FN4O4. The van der Waals surface area contributed by atoms with Gasteiger partial charge in [-0.1, -0.05) is 6.92 Å². The molecule has 2 aliphatic heterocycles. The first-order chi connectivity index (χ1) is 13.8. The number of halogens is 1. The number of primary amides is 1. The lowest BCUT2D eigenvalue weighted by atomic mass is 9.85. The molecule has 3 rings (SSSR count). The van der Waals surface area contributed by atoms with Crippen LogP contribution in [0.15, 0.2) is 18.2 Å². The van der Waals surface area contributed by atoms with Crippen molar-refractivity contribution in [3.8, 4) is 0 Å². The highest BCUT2D eigenvalue weighted by atomic mass is 19.1. The molecule has 1 unspecified atom stereocenters. The molecule has 1 aromatic carbocycles. The minimum Gasteiger partial charge on any atom is -0.442 e. The first-order valence-corrected chi connectivity index (χ1v) is 9.82. The van der Waals surface area contributed by atoms with Crippen molar-refractivity contribution in [3.63, 3.8) is 0 Å². The molecule has 0 spiro atoms. The molecule has 29 heavy (non-hydrogen) atoms. The van der Waals surface area contributed by atoms with E-state index in [1.807, 2.05) is 11.8 Å². The Labute approximate surface area is 169 Å². The zero-order chi connectivity index (χ0) is 21.1. The predicted molar refractivity (Wildman–Crippen MR) is 106 cm³/mol. The number of hydrogen-bond donors (Lipinski definition) is 2. The fourth-order valence-corrected chi connectivity index (χ4v) is 3.89. The molecule has 2 saturated heterocycles. The monoisotopic (exact) mass is 406 g/mol. The molecule has 1 aromatic rings. The van der Waals surface area contributed by atoms with Gasteiger partial charge in [-0.2, -0.15) is 0 Å². The van der Waals surface area contributed by atoms with E-state index in [0.717, 1.165) is 12.8 Å². The third-order valence-electron chi connectivity index (χ3n) is 5.73. The Morgan fingerprint density at radius 2 is 2.03 bits per heavy atom. The maximum Gasteiger partial charge on any atom is 0.414 e. The SMILES string of the molecule is CC(=O)NC[C@H]1CN(c2ccc(N3CCC(C(C)C(N)=O)CC3)c(F)c2)C(=O)O1. The summed E-state index contributed by atoms with van der Waals surface area (Å²) < 4.78 is 20.0. The smallest absolute Gasteiger partial charge is 0.414 e. The van der Waals surface area contributed by atoms with Crippen LogP contribution in [0, 0.1) is 17.7 Å². The van der Waals surface area contributed by atoms with Crippen LogP contribution in [0.2, 0.25) is 0 Å². The van der Waals surface area contributed by atoms with Crippen LogP contribution in [0.5, 0.6) is 0 Å². The highest BCUT2D eigenvalue weighted by Gasteiger charge is 2.33. The fraction of sp³-hybridized carbons (Fsp3) is 0.550. The van der Waals surface area contributed by atoms with Gasteiger partial charge in [-0.3, -0.25) is 14.5 Å². The highest BCUT2D eigenvalue weighted by Crippen LogP contribution is 2.32. The van der Waals surface area contributed by atoms with Crippen molar-refractivity contribution in [2.75, 3.05) is 36.0 Å². The summed E-state index contributed by atoms with van der Waals surface area (Å²) in [5.74, 6) is -0.888. The van der Waals surface area contributed by atoms with Gasteiger partial charge in [-0.25, -0.2) is 9.18 Å². The number of anilines is 2. The Morgan fingerprint density at radius 1 is 1.34 bits per heavy atom. The summed E-state index contributed by atoms with van der Waals surface area (Å²) in [4.78, 5) is 37.8. The van der Waals surface area contributed by atoms with E-state index in [4.69, 9.17) is 10.5 Å². The molecule has 0 saturated carbocycles. The lowest BCUT2D eigenvalue weighted by Crippen LogP contribution is -2.39. The highest BCUT2D eigenvalue weighted by molar-refractivity contribution is 5.90. The first kappa shape index (κ1) is 20.9. The van der Waals surface area contributed by atoms with E-state index in [9.17, 15) is 18.8 Å². The number of nitrogens with two attached hydrogens (primary N) is 1. The molecule has 3 amide bonds. The van der Waals surface area contributed by atoms with Gasteiger partial charge < -0.3 is 20.7 Å². The Balaban J connectivity index is 1.63. The molecule has 2 atom stereocenters. The topological polar surface area (TPSA) is 105 Å². The van der Waals surface area contributed by atoms with E-state index in [-0.39, 0.29) is 36.7 Å². The minimum atomic E-state index is -0.561. The summed E-state index contributed by atoms with van der Waals surface area (Å²) in [6.45, 7) is 4.98. The van der Waals surface area contributed by atoms with Crippen LogP contribution in [0.4, 0.5) is 20.6 Å². The number of rotatable bonds is 6. The number of carbonyl (C=O) groups excluding carboxylic acids is 3. The Morgan fingerprint density at radius 3 is 2.62 bits per heavy atom. The Kier molecular flexibility index (Phi) is 6.24. The predicted octanol–water partition coefficient (Wildman–Crippen LogP) is 1.62. The number of carbonyl (C=O) groups is 3. The lowest BCUT2D eigenvalue weighted by molar-refractivity contribution is -0.123. The van der Waals surface area contributed by atoms with Crippen LogP contribution in [0.3, 0.4) is 0 Å². The van der Waals surface area contributed by atoms with Gasteiger partial charge in [0.1, 0.15) is 11.9 Å². The largest absolute Gasteiger partial charge is 0.442 e. The average molecular weight is 406 g/mol. The van der Waals surface area contributed by atoms with E-state index in [1.54, 1.807) is 12.1 Å². The molecule has 0 bridgehead atoms. The van der Waals surface area contributed by atoms with E-state index < -0.39 is 18.0 Å². The zero-order valence-electron chi connectivity index (χ0n) is 16.7. The van der Waals surface area contributed by atoms with Crippen molar-refractivity contribution in [2.24, 2.45) is 17.6 Å². The van der Waals surface area contributed by atoms with Crippen LogP contribution in [-0.4, -0.2) is 50.2 Å². The second kappa shape index (κ2) is 8.67. The second-order valence-electron chi connectivity index (χ2n) is 7.70. The molecule has 3 N–H and O–H groups in total. The molecule has 2 aliphatic rings. The maximum atomic E-state index is 14.8. The van der Waals surface area contributed by atoms with Crippen LogP contribution < -0.4 is 20.9 Å². The third kappa shape index (κ3) is 4.78. The van der Waals surface area contributed by atoms with Crippen molar-refractivity contribution in [3.05, 3.63) is 24.0 Å². The summed E-state index contributed by atoms with van der Waals surface area (Å²) >= 11 is 0. The quantitative estimate of drug-likeness (QED) is 0.747. The zero-order valence-corrected chi connectivity index (χ0v) is 16.7. The molecule has 0 radical (unpaired) electrons. The number of nitrogens with one attached hydrogen (secondary N) is 1. The van der Waals surface area contributed by atoms with Crippen molar-refractivity contribution in [1.82, 2.24) is 5.32 Å². The minimum absolute atomic E-state index is 0.184. The van der Waals surface area contributed by atoms with E-state index in [2.05, 4.69) is 5.32 Å². The van der Waals surface area contributed by atoms with Gasteiger partial charge in [0.05, 0.1) is 24.5 Å². The molecular weight excluding hydrogens is 379 g/mol. The van der Waals surface area contributed by atoms with Gasteiger partial charge in [0.15, 0.2) is 0 Å². The molecule has 8 nitrogen and oxygen atoms in total. The summed E-state index contributed by atoms with van der Waals surface area (Å²) in [6.07, 6.45) is 0.512. The van der Waals surface area contributed by atoms with E-state index in [0.29, 0.717) is 24.5 Å². The molecule has 2 fully saturated rings. The fourth-order valence-electron chi connectivity index (χ4n) is 3.89.